The molecule has 0 saturated carbocycles. The van der Waals surface area contributed by atoms with Crippen LogP contribution in [0.5, 0.6) is 5.75 Å². The van der Waals surface area contributed by atoms with Crippen LogP contribution in [0.4, 0.5) is 5.13 Å². The summed E-state index contributed by atoms with van der Waals surface area (Å²) in [5.41, 5.74) is 1.68. The molecule has 1 aromatic carbocycles. The van der Waals surface area contributed by atoms with Crippen LogP contribution in [-0.4, -0.2) is 28.2 Å². The molecule has 1 N–H and O–H groups in total. The van der Waals surface area contributed by atoms with Crippen LogP contribution in [0.2, 0.25) is 0 Å². The summed E-state index contributed by atoms with van der Waals surface area (Å²) in [6, 6.07) is 13.3. The number of pyridine rings is 1. The molecule has 0 bridgehead atoms. The highest BCUT2D eigenvalue weighted by atomic mass is 32.2. The largest absolute Gasteiger partial charge is 0.496 e. The summed E-state index contributed by atoms with van der Waals surface area (Å²) < 4.78 is 5.36. The van der Waals surface area contributed by atoms with Crippen molar-refractivity contribution in [3.8, 4) is 17.0 Å². The lowest BCUT2D eigenvalue weighted by atomic mass is 10.1. The first-order valence-electron chi connectivity index (χ1n) is 7.65. The Morgan fingerprint density at radius 2 is 2.04 bits per heavy atom. The Kier molecular flexibility index (Phi) is 5.67. The maximum Gasteiger partial charge on any atom is 0.239 e. The number of aromatic nitrogens is 2. The first kappa shape index (κ1) is 17.4. The van der Waals surface area contributed by atoms with E-state index in [2.05, 4.69) is 15.3 Å². The number of carbonyl (C=O) groups is 1. The Balaban J connectivity index is 1.67. The molecule has 7 heteroatoms. The van der Waals surface area contributed by atoms with Gasteiger partial charge in [-0.05, 0) is 31.2 Å². The van der Waals surface area contributed by atoms with Crippen LogP contribution in [0, 0.1) is 0 Å². The zero-order valence-electron chi connectivity index (χ0n) is 13.8. The van der Waals surface area contributed by atoms with E-state index in [4.69, 9.17) is 4.74 Å². The Hall–Kier alpha value is -2.38. The summed E-state index contributed by atoms with van der Waals surface area (Å²) in [6.45, 7) is 1.85. The van der Waals surface area contributed by atoms with Gasteiger partial charge in [0.1, 0.15) is 5.75 Å². The molecule has 2 aromatic heterocycles. The molecular weight excluding hydrogens is 354 g/mol. The van der Waals surface area contributed by atoms with E-state index in [1.54, 1.807) is 13.3 Å². The van der Waals surface area contributed by atoms with Crippen molar-refractivity contribution in [1.29, 1.82) is 0 Å². The Morgan fingerprint density at radius 3 is 2.80 bits per heavy atom. The molecule has 3 rings (SSSR count). The standard InChI is InChI=1S/C18H17N3O2S2/c1-12(25-16-9-5-6-10-19-16)17(22)21-18-20-14(11-24-18)13-7-3-4-8-15(13)23-2/h3-12H,1-2H3,(H,20,21,22). The number of hydrogen-bond donors (Lipinski definition) is 1. The van der Waals surface area contributed by atoms with Crippen LogP contribution in [0.15, 0.2) is 59.1 Å². The minimum atomic E-state index is -0.270. The maximum absolute atomic E-state index is 12.4. The van der Waals surface area contributed by atoms with Crippen LogP contribution in [-0.2, 0) is 4.79 Å². The molecule has 0 spiro atoms. The highest BCUT2D eigenvalue weighted by Gasteiger charge is 2.17. The second-order valence-electron chi connectivity index (χ2n) is 5.16. The third-order valence-electron chi connectivity index (χ3n) is 3.42. The zero-order valence-corrected chi connectivity index (χ0v) is 15.4. The highest BCUT2D eigenvalue weighted by Crippen LogP contribution is 2.32. The van der Waals surface area contributed by atoms with Gasteiger partial charge in [0.25, 0.3) is 0 Å². The molecule has 25 heavy (non-hydrogen) atoms. The molecule has 0 radical (unpaired) electrons. The van der Waals surface area contributed by atoms with E-state index in [-0.39, 0.29) is 11.2 Å². The Morgan fingerprint density at radius 1 is 1.24 bits per heavy atom. The summed E-state index contributed by atoms with van der Waals surface area (Å²) in [5.74, 6) is 0.654. The molecule has 1 atom stereocenters. The van der Waals surface area contributed by atoms with Gasteiger partial charge in [-0.2, -0.15) is 0 Å². The average molecular weight is 371 g/mol. The lowest BCUT2D eigenvalue weighted by Crippen LogP contribution is -2.22. The summed E-state index contributed by atoms with van der Waals surface area (Å²) >= 11 is 2.81. The molecule has 0 aliphatic carbocycles. The van der Waals surface area contributed by atoms with Crippen molar-refractivity contribution in [3.05, 3.63) is 54.0 Å². The van der Waals surface area contributed by atoms with Crippen molar-refractivity contribution in [1.82, 2.24) is 9.97 Å². The first-order valence-corrected chi connectivity index (χ1v) is 9.41. The van der Waals surface area contributed by atoms with Gasteiger partial charge in [0.2, 0.25) is 5.91 Å². The van der Waals surface area contributed by atoms with E-state index in [1.807, 2.05) is 54.8 Å². The topological polar surface area (TPSA) is 64.1 Å². The molecule has 3 aromatic rings. The number of amides is 1. The quantitative estimate of drug-likeness (QED) is 0.653. The normalized spacial score (nSPS) is 11.8. The monoisotopic (exact) mass is 371 g/mol. The average Bonchev–Trinajstić information content (AvgIpc) is 3.10. The van der Waals surface area contributed by atoms with Gasteiger partial charge in [0.15, 0.2) is 5.13 Å². The number of thioether (sulfide) groups is 1. The number of benzene rings is 1. The Bertz CT molecular complexity index is 852. The van der Waals surface area contributed by atoms with Crippen molar-refractivity contribution in [3.63, 3.8) is 0 Å². The summed E-state index contributed by atoms with van der Waals surface area (Å²) in [5, 5.41) is 5.89. The van der Waals surface area contributed by atoms with Crippen LogP contribution < -0.4 is 10.1 Å². The molecular formula is C18H17N3O2S2. The first-order chi connectivity index (χ1) is 12.2. The predicted molar refractivity (Wildman–Crippen MR) is 102 cm³/mol. The van der Waals surface area contributed by atoms with E-state index < -0.39 is 0 Å². The van der Waals surface area contributed by atoms with Crippen molar-refractivity contribution in [2.24, 2.45) is 0 Å². The fourth-order valence-electron chi connectivity index (χ4n) is 2.17. The van der Waals surface area contributed by atoms with Gasteiger partial charge in [-0.15, -0.1) is 11.3 Å². The molecule has 1 amide bonds. The Labute approximate surface area is 154 Å². The van der Waals surface area contributed by atoms with Crippen LogP contribution in [0.3, 0.4) is 0 Å². The smallest absolute Gasteiger partial charge is 0.239 e. The minimum Gasteiger partial charge on any atom is -0.496 e. The second-order valence-corrected chi connectivity index (χ2v) is 7.37. The molecule has 0 fully saturated rings. The van der Waals surface area contributed by atoms with Gasteiger partial charge >= 0.3 is 0 Å². The number of nitrogens with zero attached hydrogens (tertiary/aromatic N) is 2. The van der Waals surface area contributed by atoms with Gasteiger partial charge in [0.05, 0.1) is 23.1 Å². The summed E-state index contributed by atoms with van der Waals surface area (Å²) in [7, 11) is 1.63. The number of rotatable bonds is 6. The van der Waals surface area contributed by atoms with Crippen molar-refractivity contribution >= 4 is 34.1 Å². The lowest BCUT2D eigenvalue weighted by molar-refractivity contribution is -0.115. The van der Waals surface area contributed by atoms with Crippen LogP contribution >= 0.6 is 23.1 Å². The fourth-order valence-corrected chi connectivity index (χ4v) is 3.69. The molecule has 128 valence electrons. The van der Waals surface area contributed by atoms with Gasteiger partial charge in [0, 0.05) is 17.1 Å². The number of para-hydroxylation sites is 1. The molecule has 5 nitrogen and oxygen atoms in total. The third-order valence-corrected chi connectivity index (χ3v) is 5.23. The van der Waals surface area contributed by atoms with E-state index in [0.717, 1.165) is 22.0 Å². The number of hydrogen-bond acceptors (Lipinski definition) is 6. The van der Waals surface area contributed by atoms with E-state index >= 15 is 0 Å². The van der Waals surface area contributed by atoms with E-state index in [0.29, 0.717) is 5.13 Å². The fraction of sp³-hybridized carbons (Fsp3) is 0.167. The number of ether oxygens (including phenoxy) is 1. The molecule has 1 unspecified atom stereocenters. The predicted octanol–water partition coefficient (Wildman–Crippen LogP) is 4.33. The third kappa shape index (κ3) is 4.37. The van der Waals surface area contributed by atoms with Crippen molar-refractivity contribution in [2.75, 3.05) is 12.4 Å². The van der Waals surface area contributed by atoms with Gasteiger partial charge in [-0.1, -0.05) is 30.0 Å². The number of anilines is 1. The highest BCUT2D eigenvalue weighted by molar-refractivity contribution is 8.00. The van der Waals surface area contributed by atoms with Crippen molar-refractivity contribution < 1.29 is 9.53 Å². The van der Waals surface area contributed by atoms with Gasteiger partial charge in [-0.3, -0.25) is 4.79 Å². The zero-order chi connectivity index (χ0) is 17.6. The number of thiazole rings is 1. The minimum absolute atomic E-state index is 0.100. The van der Waals surface area contributed by atoms with Gasteiger partial charge < -0.3 is 10.1 Å². The molecule has 0 aliphatic rings. The lowest BCUT2D eigenvalue weighted by Gasteiger charge is -2.09. The second kappa shape index (κ2) is 8.13. The summed E-state index contributed by atoms with van der Waals surface area (Å²) in [6.07, 6.45) is 1.72. The molecule has 0 aliphatic heterocycles. The van der Waals surface area contributed by atoms with Crippen LogP contribution in [0.25, 0.3) is 11.3 Å². The summed E-state index contributed by atoms with van der Waals surface area (Å²) in [4.78, 5) is 21.1. The number of carbonyl (C=O) groups excluding carboxylic acids is 1. The number of methoxy groups -OCH3 is 1. The molecule has 2 heterocycles. The van der Waals surface area contributed by atoms with Crippen molar-refractivity contribution in [2.45, 2.75) is 17.2 Å². The van der Waals surface area contributed by atoms with E-state index in [9.17, 15) is 4.79 Å². The maximum atomic E-state index is 12.4. The van der Waals surface area contributed by atoms with Crippen LogP contribution in [0.1, 0.15) is 6.92 Å². The van der Waals surface area contributed by atoms with Gasteiger partial charge in [-0.25, -0.2) is 9.97 Å². The SMILES string of the molecule is COc1ccccc1-c1csc(NC(=O)C(C)Sc2ccccn2)n1. The number of nitrogens with one attached hydrogen (secondary N) is 1. The van der Waals surface area contributed by atoms with E-state index in [1.165, 1.54) is 23.1 Å². The molecule has 0 saturated heterocycles.